The highest BCUT2D eigenvalue weighted by atomic mass is 32.1. The molecule has 1 saturated carbocycles. The fourth-order valence-corrected chi connectivity index (χ4v) is 2.47. The Balaban J connectivity index is 2.02. The number of hydrogen-bond acceptors (Lipinski definition) is 4. The average Bonchev–Trinajstić information content (AvgIpc) is 3.02. The van der Waals surface area contributed by atoms with Crippen molar-refractivity contribution in [3.8, 4) is 0 Å². The third kappa shape index (κ3) is 3.26. The van der Waals surface area contributed by atoms with Crippen molar-refractivity contribution < 1.29 is 4.79 Å². The lowest BCUT2D eigenvalue weighted by molar-refractivity contribution is 0.0742. The van der Waals surface area contributed by atoms with E-state index in [9.17, 15) is 4.79 Å². The van der Waals surface area contributed by atoms with Crippen LogP contribution in [-0.2, 0) is 6.54 Å². The normalized spacial score (nSPS) is 14.9. The number of amides is 1. The summed E-state index contributed by atoms with van der Waals surface area (Å²) in [6.07, 6.45) is 3.52. The quantitative estimate of drug-likeness (QED) is 0.842. The summed E-state index contributed by atoms with van der Waals surface area (Å²) >= 11 is 1.46. The van der Waals surface area contributed by atoms with E-state index in [1.165, 1.54) is 24.2 Å². The van der Waals surface area contributed by atoms with Gasteiger partial charge in [0.25, 0.3) is 5.91 Å². The van der Waals surface area contributed by atoms with Crippen molar-refractivity contribution in [1.82, 2.24) is 9.88 Å². The molecule has 0 bridgehead atoms. The van der Waals surface area contributed by atoms with Gasteiger partial charge in [0.05, 0.1) is 0 Å². The molecule has 1 aromatic heterocycles. The van der Waals surface area contributed by atoms with E-state index in [0.717, 1.165) is 30.4 Å². The number of carbonyl (C=O) groups is 1. The Hall–Kier alpha value is -0.940. The van der Waals surface area contributed by atoms with Crippen LogP contribution in [-0.4, -0.2) is 28.9 Å². The molecule has 0 unspecified atom stereocenters. The predicted octanol–water partition coefficient (Wildman–Crippen LogP) is 1.86. The summed E-state index contributed by atoms with van der Waals surface area (Å²) in [5.74, 6) is 0.785. The SMILES string of the molecule is CCCN(CC1CC1)C(=O)c1csc(CN)n1. The molecule has 2 N–H and O–H groups in total. The number of thiazole rings is 1. The summed E-state index contributed by atoms with van der Waals surface area (Å²) in [5.41, 5.74) is 6.07. The molecule has 0 radical (unpaired) electrons. The summed E-state index contributed by atoms with van der Waals surface area (Å²) in [6, 6.07) is 0. The first-order chi connectivity index (χ1) is 8.24. The molecule has 94 valence electrons. The van der Waals surface area contributed by atoms with Crippen molar-refractivity contribution in [2.45, 2.75) is 32.7 Å². The molecule has 0 spiro atoms. The molecular formula is C12H19N3OS. The number of carbonyl (C=O) groups excluding carboxylic acids is 1. The van der Waals surface area contributed by atoms with Crippen molar-refractivity contribution in [3.05, 3.63) is 16.1 Å². The minimum Gasteiger partial charge on any atom is -0.337 e. The first kappa shape index (κ1) is 12.5. The summed E-state index contributed by atoms with van der Waals surface area (Å²) in [4.78, 5) is 18.5. The molecule has 0 aromatic carbocycles. The topological polar surface area (TPSA) is 59.2 Å². The fourth-order valence-electron chi connectivity index (χ4n) is 1.82. The minimum absolute atomic E-state index is 0.0645. The lowest BCUT2D eigenvalue weighted by Gasteiger charge is -2.20. The summed E-state index contributed by atoms with van der Waals surface area (Å²) in [6.45, 7) is 4.22. The van der Waals surface area contributed by atoms with E-state index < -0.39 is 0 Å². The van der Waals surface area contributed by atoms with Crippen molar-refractivity contribution in [1.29, 1.82) is 0 Å². The van der Waals surface area contributed by atoms with Gasteiger partial charge in [0.1, 0.15) is 10.7 Å². The zero-order valence-corrected chi connectivity index (χ0v) is 11.0. The number of hydrogen-bond donors (Lipinski definition) is 1. The summed E-state index contributed by atoms with van der Waals surface area (Å²) in [5, 5.41) is 2.65. The van der Waals surface area contributed by atoms with Crippen LogP contribution in [0.2, 0.25) is 0 Å². The van der Waals surface area contributed by atoms with Crippen LogP contribution in [0.1, 0.15) is 41.7 Å². The lowest BCUT2D eigenvalue weighted by atomic mass is 10.3. The number of nitrogens with two attached hydrogens (primary N) is 1. The molecule has 1 heterocycles. The molecule has 1 aliphatic rings. The lowest BCUT2D eigenvalue weighted by Crippen LogP contribution is -2.33. The summed E-state index contributed by atoms with van der Waals surface area (Å²) < 4.78 is 0. The molecule has 0 saturated heterocycles. The number of aromatic nitrogens is 1. The van der Waals surface area contributed by atoms with Gasteiger partial charge < -0.3 is 10.6 Å². The third-order valence-corrected chi connectivity index (χ3v) is 3.77. The van der Waals surface area contributed by atoms with Crippen molar-refractivity contribution in [2.75, 3.05) is 13.1 Å². The van der Waals surface area contributed by atoms with Gasteiger partial charge in [0.2, 0.25) is 0 Å². The van der Waals surface area contributed by atoms with Gasteiger partial charge in [0, 0.05) is 25.0 Å². The van der Waals surface area contributed by atoms with E-state index >= 15 is 0 Å². The molecule has 2 rings (SSSR count). The van der Waals surface area contributed by atoms with Crippen molar-refractivity contribution in [2.24, 2.45) is 11.7 Å². The number of rotatable bonds is 6. The van der Waals surface area contributed by atoms with E-state index in [1.54, 1.807) is 0 Å². The Labute approximate surface area is 106 Å². The highest BCUT2D eigenvalue weighted by molar-refractivity contribution is 7.09. The molecule has 1 aliphatic carbocycles. The predicted molar refractivity (Wildman–Crippen MR) is 68.9 cm³/mol. The van der Waals surface area contributed by atoms with Gasteiger partial charge in [-0.2, -0.15) is 0 Å². The van der Waals surface area contributed by atoms with Gasteiger partial charge in [0.15, 0.2) is 0 Å². The molecule has 1 fully saturated rings. The molecule has 5 heteroatoms. The maximum absolute atomic E-state index is 12.3. The Morgan fingerprint density at radius 3 is 2.94 bits per heavy atom. The van der Waals surface area contributed by atoms with Crippen LogP contribution in [0.5, 0.6) is 0 Å². The van der Waals surface area contributed by atoms with Crippen LogP contribution in [0.4, 0.5) is 0 Å². The second kappa shape index (κ2) is 5.60. The molecule has 1 aromatic rings. The van der Waals surface area contributed by atoms with E-state index in [0.29, 0.717) is 12.2 Å². The van der Waals surface area contributed by atoms with Crippen LogP contribution < -0.4 is 5.73 Å². The number of nitrogens with zero attached hydrogens (tertiary/aromatic N) is 2. The van der Waals surface area contributed by atoms with Crippen LogP contribution in [0, 0.1) is 5.92 Å². The Bertz CT molecular complexity index is 387. The zero-order chi connectivity index (χ0) is 12.3. The van der Waals surface area contributed by atoms with Crippen molar-refractivity contribution >= 4 is 17.2 Å². The Morgan fingerprint density at radius 2 is 2.41 bits per heavy atom. The average molecular weight is 253 g/mol. The van der Waals surface area contributed by atoms with Gasteiger partial charge in [-0.15, -0.1) is 11.3 Å². The van der Waals surface area contributed by atoms with Gasteiger partial charge in [-0.3, -0.25) is 4.79 Å². The van der Waals surface area contributed by atoms with Crippen molar-refractivity contribution in [3.63, 3.8) is 0 Å². The van der Waals surface area contributed by atoms with E-state index in [1.807, 2.05) is 10.3 Å². The van der Waals surface area contributed by atoms with Gasteiger partial charge in [-0.1, -0.05) is 6.92 Å². The summed E-state index contributed by atoms with van der Waals surface area (Å²) in [7, 11) is 0. The first-order valence-corrected chi connectivity index (χ1v) is 7.06. The first-order valence-electron chi connectivity index (χ1n) is 6.18. The van der Waals surface area contributed by atoms with Gasteiger partial charge in [-0.25, -0.2) is 4.98 Å². The second-order valence-corrected chi connectivity index (χ2v) is 5.47. The smallest absolute Gasteiger partial charge is 0.273 e. The monoisotopic (exact) mass is 253 g/mol. The van der Waals surface area contributed by atoms with Gasteiger partial charge in [-0.05, 0) is 25.2 Å². The zero-order valence-electron chi connectivity index (χ0n) is 10.2. The largest absolute Gasteiger partial charge is 0.337 e. The molecular weight excluding hydrogens is 234 g/mol. The Kier molecular flexibility index (Phi) is 4.12. The molecule has 0 atom stereocenters. The second-order valence-electron chi connectivity index (χ2n) is 4.53. The fraction of sp³-hybridized carbons (Fsp3) is 0.667. The third-order valence-electron chi connectivity index (χ3n) is 2.90. The highest BCUT2D eigenvalue weighted by Gasteiger charge is 2.27. The van der Waals surface area contributed by atoms with E-state index in [2.05, 4.69) is 11.9 Å². The Morgan fingerprint density at radius 1 is 1.65 bits per heavy atom. The molecule has 17 heavy (non-hydrogen) atoms. The van der Waals surface area contributed by atoms with Crippen LogP contribution in [0.3, 0.4) is 0 Å². The van der Waals surface area contributed by atoms with Gasteiger partial charge >= 0.3 is 0 Å². The van der Waals surface area contributed by atoms with Crippen LogP contribution >= 0.6 is 11.3 Å². The maximum atomic E-state index is 12.3. The molecule has 0 aliphatic heterocycles. The van der Waals surface area contributed by atoms with E-state index in [4.69, 9.17) is 5.73 Å². The highest BCUT2D eigenvalue weighted by Crippen LogP contribution is 2.30. The molecule has 1 amide bonds. The minimum atomic E-state index is 0.0645. The standard InChI is InChI=1S/C12H19N3OS/c1-2-5-15(7-9-3-4-9)12(16)10-8-17-11(6-13)14-10/h8-9H,2-7,13H2,1H3. The van der Waals surface area contributed by atoms with Crippen LogP contribution in [0.15, 0.2) is 5.38 Å². The van der Waals surface area contributed by atoms with Crippen LogP contribution in [0.25, 0.3) is 0 Å². The maximum Gasteiger partial charge on any atom is 0.273 e. The van der Waals surface area contributed by atoms with E-state index in [-0.39, 0.29) is 5.91 Å². The molecule has 4 nitrogen and oxygen atoms in total.